The number of nitrogens with zero attached hydrogens (tertiary/aromatic N) is 3. The van der Waals surface area contributed by atoms with Gasteiger partial charge in [-0.1, -0.05) is 91.0 Å². The summed E-state index contributed by atoms with van der Waals surface area (Å²) in [6.45, 7) is 0. The molecule has 0 saturated carbocycles. The second-order valence-electron chi connectivity index (χ2n) is 11.5. The van der Waals surface area contributed by atoms with Gasteiger partial charge in [0.1, 0.15) is 0 Å². The predicted molar refractivity (Wildman–Crippen MR) is 184 cm³/mol. The first kappa shape index (κ1) is 24.9. The first-order valence-electron chi connectivity index (χ1n) is 15.3. The zero-order chi connectivity index (χ0) is 29.0. The minimum absolute atomic E-state index is 0.960. The Bertz CT molecular complexity index is 2350. The van der Waals surface area contributed by atoms with Crippen LogP contribution >= 0.6 is 0 Å². The fourth-order valence-electron chi connectivity index (χ4n) is 7.03. The fourth-order valence-corrected chi connectivity index (χ4v) is 7.03. The number of aromatic nitrogens is 3. The molecule has 3 heteroatoms. The van der Waals surface area contributed by atoms with Crippen LogP contribution in [0.2, 0.25) is 0 Å². The maximum absolute atomic E-state index is 5.20. The summed E-state index contributed by atoms with van der Waals surface area (Å²) in [5.41, 5.74) is 12.8. The van der Waals surface area contributed by atoms with Gasteiger partial charge in [0.25, 0.3) is 0 Å². The molecule has 0 aliphatic heterocycles. The maximum Gasteiger partial charge on any atom is 0.0710 e. The molecule has 0 saturated heterocycles. The number of aryl methyl sites for hydroxylation is 1. The van der Waals surface area contributed by atoms with Crippen molar-refractivity contribution in [1.29, 1.82) is 0 Å². The van der Waals surface area contributed by atoms with E-state index in [1.165, 1.54) is 44.0 Å². The number of hydrogen-bond acceptors (Lipinski definition) is 1. The van der Waals surface area contributed by atoms with Gasteiger partial charge < -0.3 is 9.13 Å². The smallest absolute Gasteiger partial charge is 0.0710 e. The fraction of sp³-hybridized carbons (Fsp3) is 0.0488. The summed E-state index contributed by atoms with van der Waals surface area (Å²) < 4.78 is 4.76. The number of benzene rings is 5. The lowest BCUT2D eigenvalue weighted by molar-refractivity contribution is 0.967. The van der Waals surface area contributed by atoms with Gasteiger partial charge in [-0.2, -0.15) is 0 Å². The van der Waals surface area contributed by atoms with Crippen LogP contribution in [-0.4, -0.2) is 14.1 Å². The van der Waals surface area contributed by atoms with Crippen molar-refractivity contribution in [2.45, 2.75) is 12.8 Å². The van der Waals surface area contributed by atoms with Crippen molar-refractivity contribution < 1.29 is 0 Å². The van der Waals surface area contributed by atoms with Crippen molar-refractivity contribution in [3.8, 4) is 33.9 Å². The van der Waals surface area contributed by atoms with Crippen LogP contribution in [0, 0.1) is 0 Å². The molecule has 0 radical (unpaired) electrons. The topological polar surface area (TPSA) is 22.8 Å². The van der Waals surface area contributed by atoms with Crippen LogP contribution in [-0.2, 0) is 6.42 Å². The van der Waals surface area contributed by atoms with Gasteiger partial charge in [0.05, 0.1) is 27.9 Å². The molecule has 1 aliphatic carbocycles. The van der Waals surface area contributed by atoms with Crippen molar-refractivity contribution in [3.05, 3.63) is 157 Å². The highest BCUT2D eigenvalue weighted by Gasteiger charge is 2.18. The molecule has 0 spiro atoms. The van der Waals surface area contributed by atoms with Gasteiger partial charge in [-0.3, -0.25) is 0 Å². The number of rotatable bonds is 4. The summed E-state index contributed by atoms with van der Waals surface area (Å²) in [5.74, 6) is 0. The van der Waals surface area contributed by atoms with E-state index in [0.29, 0.717) is 0 Å². The number of pyridine rings is 1. The highest BCUT2D eigenvalue weighted by atomic mass is 15.0. The van der Waals surface area contributed by atoms with Crippen molar-refractivity contribution >= 4 is 38.8 Å². The first-order valence-corrected chi connectivity index (χ1v) is 15.3. The molecule has 3 nitrogen and oxygen atoms in total. The Labute approximate surface area is 256 Å². The molecule has 5 aromatic carbocycles. The van der Waals surface area contributed by atoms with Crippen LogP contribution in [0.5, 0.6) is 0 Å². The Hall–Kier alpha value is -5.67. The summed E-state index contributed by atoms with van der Waals surface area (Å²) in [7, 11) is 0. The zero-order valence-electron chi connectivity index (χ0n) is 24.2. The van der Waals surface area contributed by atoms with Crippen molar-refractivity contribution in [2.24, 2.45) is 0 Å². The van der Waals surface area contributed by atoms with Crippen molar-refractivity contribution in [1.82, 2.24) is 14.1 Å². The molecular formula is C41H29N3. The van der Waals surface area contributed by atoms with E-state index in [0.717, 1.165) is 46.7 Å². The zero-order valence-corrected chi connectivity index (χ0v) is 24.2. The normalized spacial score (nSPS) is 12.7. The third kappa shape index (κ3) is 3.86. The van der Waals surface area contributed by atoms with Crippen molar-refractivity contribution in [3.63, 3.8) is 0 Å². The van der Waals surface area contributed by atoms with Crippen LogP contribution in [0.4, 0.5) is 0 Å². The van der Waals surface area contributed by atoms with Crippen LogP contribution in [0.15, 0.2) is 146 Å². The van der Waals surface area contributed by atoms with Gasteiger partial charge in [-0.15, -0.1) is 0 Å². The van der Waals surface area contributed by atoms with Gasteiger partial charge in [0.15, 0.2) is 0 Å². The Balaban J connectivity index is 1.14. The number of hydrogen-bond donors (Lipinski definition) is 0. The van der Waals surface area contributed by atoms with E-state index in [-0.39, 0.29) is 0 Å². The van der Waals surface area contributed by atoms with E-state index in [9.17, 15) is 0 Å². The van der Waals surface area contributed by atoms with Gasteiger partial charge in [-0.05, 0) is 79.1 Å². The monoisotopic (exact) mass is 563 g/mol. The van der Waals surface area contributed by atoms with Gasteiger partial charge in [0, 0.05) is 44.4 Å². The largest absolute Gasteiger partial charge is 0.310 e. The van der Waals surface area contributed by atoms with E-state index in [2.05, 4.69) is 161 Å². The average Bonchev–Trinajstić information content (AvgIpc) is 3.62. The second-order valence-corrected chi connectivity index (χ2v) is 11.5. The predicted octanol–water partition coefficient (Wildman–Crippen LogP) is 10.4. The number of allylic oxidation sites excluding steroid dienone is 1. The Morgan fingerprint density at radius 2 is 1.00 bits per heavy atom. The van der Waals surface area contributed by atoms with Gasteiger partial charge in [0.2, 0.25) is 0 Å². The summed E-state index contributed by atoms with van der Waals surface area (Å²) in [5, 5.41) is 3.88. The summed E-state index contributed by atoms with van der Waals surface area (Å²) in [4.78, 5) is 5.20. The van der Waals surface area contributed by atoms with E-state index < -0.39 is 0 Å². The van der Waals surface area contributed by atoms with E-state index in [1.54, 1.807) is 0 Å². The van der Waals surface area contributed by atoms with E-state index in [1.807, 2.05) is 0 Å². The Kier molecular flexibility index (Phi) is 5.63. The highest BCUT2D eigenvalue weighted by Crippen LogP contribution is 2.36. The molecule has 9 rings (SSSR count). The molecular weight excluding hydrogens is 534 g/mol. The minimum atomic E-state index is 0.960. The first-order chi connectivity index (χ1) is 21.8. The van der Waals surface area contributed by atoms with Crippen LogP contribution in [0.3, 0.4) is 0 Å². The van der Waals surface area contributed by atoms with E-state index >= 15 is 0 Å². The molecule has 0 N–H and O–H groups in total. The van der Waals surface area contributed by atoms with Crippen LogP contribution < -0.4 is 0 Å². The summed E-state index contributed by atoms with van der Waals surface area (Å²) in [6, 6.07) is 49.9. The molecule has 3 heterocycles. The molecule has 8 aromatic rings. The molecule has 0 amide bonds. The van der Waals surface area contributed by atoms with Gasteiger partial charge >= 0.3 is 0 Å². The highest BCUT2D eigenvalue weighted by molar-refractivity contribution is 6.09. The van der Waals surface area contributed by atoms with E-state index in [4.69, 9.17) is 4.98 Å². The summed E-state index contributed by atoms with van der Waals surface area (Å²) >= 11 is 0. The molecule has 0 fully saturated rings. The molecule has 1 aliphatic rings. The molecule has 0 bridgehead atoms. The number of para-hydroxylation sites is 3. The molecule has 0 atom stereocenters. The minimum Gasteiger partial charge on any atom is -0.310 e. The number of fused-ring (bicyclic) bond motifs is 6. The van der Waals surface area contributed by atoms with Gasteiger partial charge in [-0.25, -0.2) is 4.98 Å². The van der Waals surface area contributed by atoms with Crippen LogP contribution in [0.25, 0.3) is 72.7 Å². The van der Waals surface area contributed by atoms with Crippen LogP contribution in [0.1, 0.15) is 17.7 Å². The third-order valence-corrected chi connectivity index (χ3v) is 8.99. The molecule has 0 unspecified atom stereocenters. The maximum atomic E-state index is 5.20. The average molecular weight is 564 g/mol. The lowest BCUT2D eigenvalue weighted by Gasteiger charge is -2.14. The second kappa shape index (κ2) is 9.96. The Morgan fingerprint density at radius 1 is 0.477 bits per heavy atom. The standard InChI is InChI=1S/C41H29N3/c1-5-22-38-32(16-1)33-17-2-6-23-39(33)43(38)30-14-9-12-28(26-30)36-20-11-21-37(42-36)29-13-10-15-31(27-29)44-40-24-7-3-18-34(40)35-19-4-8-25-41(35)44/h1-3,5-18,20-27H,4,19H2. The SMILES string of the molecule is C1=Cc2c(c3ccccc3n2-c2cccc(-c3cccc(-c4cccc(-n5c6ccccc6c6ccccc65)c4)n3)c2)CC1. The third-order valence-electron chi connectivity index (χ3n) is 8.99. The Morgan fingerprint density at radius 3 is 1.64 bits per heavy atom. The lowest BCUT2D eigenvalue weighted by Crippen LogP contribution is -2.00. The molecule has 3 aromatic heterocycles. The lowest BCUT2D eigenvalue weighted by atomic mass is 10.0. The molecule has 44 heavy (non-hydrogen) atoms. The summed E-state index contributed by atoms with van der Waals surface area (Å²) in [6.07, 6.45) is 6.75. The quantitative estimate of drug-likeness (QED) is 0.209. The molecule has 208 valence electrons. The van der Waals surface area contributed by atoms with Crippen molar-refractivity contribution in [2.75, 3.05) is 0 Å².